The first-order valence-corrected chi connectivity index (χ1v) is 18.2. The number of aliphatic carboxylic acids is 1. The third-order valence-corrected chi connectivity index (χ3v) is 10.4. The largest absolute Gasteiger partial charge is 0.497 e. The zero-order chi connectivity index (χ0) is 37.4. The Hall–Kier alpha value is -4.90. The number of rotatable bonds is 15. The summed E-state index contributed by atoms with van der Waals surface area (Å²) < 4.78 is 5.31. The minimum atomic E-state index is -1.18. The Morgan fingerprint density at radius 3 is 2.17 bits per heavy atom. The van der Waals surface area contributed by atoms with E-state index in [0.717, 1.165) is 24.0 Å². The van der Waals surface area contributed by atoms with Gasteiger partial charge in [-0.3, -0.25) is 24.1 Å². The molecule has 52 heavy (non-hydrogen) atoms. The Morgan fingerprint density at radius 2 is 1.60 bits per heavy atom. The van der Waals surface area contributed by atoms with Gasteiger partial charge in [0.05, 0.1) is 12.5 Å². The molecule has 276 valence electrons. The highest BCUT2D eigenvalue weighted by molar-refractivity contribution is 6.30. The summed E-state index contributed by atoms with van der Waals surface area (Å²) in [5.74, 6) is -1.35. The number of carbonyl (C=O) groups is 5. The molecule has 3 aromatic rings. The van der Waals surface area contributed by atoms with Crippen molar-refractivity contribution >= 4 is 46.9 Å². The number of hydrogen-bond donors (Lipinski definition) is 3. The smallest absolute Gasteiger partial charge is 0.326 e. The molecule has 11 nitrogen and oxygen atoms in total. The summed E-state index contributed by atoms with van der Waals surface area (Å²) in [6.45, 7) is 3.69. The quantitative estimate of drug-likeness (QED) is 0.178. The summed E-state index contributed by atoms with van der Waals surface area (Å²) in [5.41, 5.74) is 2.06. The topological polar surface area (TPSA) is 145 Å². The van der Waals surface area contributed by atoms with Crippen LogP contribution in [0.15, 0.2) is 72.8 Å². The number of nitrogens with one attached hydrogen (secondary N) is 2. The van der Waals surface area contributed by atoms with Crippen LogP contribution in [0.4, 0.5) is 5.69 Å². The highest BCUT2D eigenvalue weighted by Crippen LogP contribution is 2.42. The zero-order valence-electron chi connectivity index (χ0n) is 29.9. The molecule has 4 amide bonds. The molecular weight excluding hydrogens is 684 g/mol. The molecule has 2 fully saturated rings. The van der Waals surface area contributed by atoms with Gasteiger partial charge in [-0.2, -0.15) is 0 Å². The maximum Gasteiger partial charge on any atom is 0.326 e. The second-order valence-electron chi connectivity index (χ2n) is 13.7. The average Bonchev–Trinajstić information content (AvgIpc) is 3.72. The van der Waals surface area contributed by atoms with Gasteiger partial charge >= 0.3 is 5.97 Å². The van der Waals surface area contributed by atoms with Gasteiger partial charge in [0, 0.05) is 43.4 Å². The molecule has 1 aliphatic heterocycles. The number of halogens is 1. The summed E-state index contributed by atoms with van der Waals surface area (Å²) in [6, 6.07) is 19.6. The van der Waals surface area contributed by atoms with Crippen LogP contribution >= 0.6 is 11.6 Å². The molecule has 5 rings (SSSR count). The number of hydrogen-bond acceptors (Lipinski definition) is 6. The van der Waals surface area contributed by atoms with Crippen LogP contribution in [-0.4, -0.2) is 65.3 Å². The number of methoxy groups -OCH3 is 1. The molecule has 1 saturated heterocycles. The van der Waals surface area contributed by atoms with Gasteiger partial charge < -0.3 is 25.4 Å². The molecule has 2 aliphatic rings. The Morgan fingerprint density at radius 1 is 0.962 bits per heavy atom. The van der Waals surface area contributed by atoms with E-state index < -0.39 is 29.6 Å². The number of benzene rings is 3. The Labute approximate surface area is 309 Å². The maximum absolute atomic E-state index is 14.5. The second-order valence-corrected chi connectivity index (χ2v) is 14.1. The average molecular weight is 731 g/mol. The predicted molar refractivity (Wildman–Crippen MR) is 198 cm³/mol. The van der Waals surface area contributed by atoms with E-state index in [1.807, 2.05) is 43.3 Å². The number of ether oxygens (including phenoxy) is 1. The van der Waals surface area contributed by atoms with E-state index >= 15 is 0 Å². The maximum atomic E-state index is 14.5. The molecule has 3 aromatic carbocycles. The summed E-state index contributed by atoms with van der Waals surface area (Å²) >= 11 is 6.25. The van der Waals surface area contributed by atoms with E-state index in [1.165, 1.54) is 6.92 Å². The van der Waals surface area contributed by atoms with Crippen LogP contribution in [0.3, 0.4) is 0 Å². The van der Waals surface area contributed by atoms with Gasteiger partial charge in [0.15, 0.2) is 0 Å². The number of carbonyl (C=O) groups excluding carboxylic acids is 4. The van der Waals surface area contributed by atoms with Crippen LogP contribution in [0.2, 0.25) is 5.02 Å². The van der Waals surface area contributed by atoms with E-state index in [0.29, 0.717) is 60.7 Å². The van der Waals surface area contributed by atoms with Crippen LogP contribution in [-0.2, 0) is 36.8 Å². The van der Waals surface area contributed by atoms with E-state index in [9.17, 15) is 29.1 Å². The van der Waals surface area contributed by atoms with Crippen molar-refractivity contribution in [1.29, 1.82) is 0 Å². The number of carboxylic acid groups (broad SMARTS) is 1. The number of amides is 4. The van der Waals surface area contributed by atoms with Crippen molar-refractivity contribution in [3.63, 3.8) is 0 Å². The van der Waals surface area contributed by atoms with E-state index in [2.05, 4.69) is 10.6 Å². The highest BCUT2D eigenvalue weighted by Gasteiger charge is 2.49. The predicted octanol–water partition coefficient (Wildman–Crippen LogP) is 5.83. The first-order chi connectivity index (χ1) is 25.0. The fourth-order valence-corrected chi connectivity index (χ4v) is 7.52. The molecule has 0 aromatic heterocycles. The molecule has 3 N–H and O–H groups in total. The second kappa shape index (κ2) is 17.1. The van der Waals surface area contributed by atoms with Gasteiger partial charge in [0.1, 0.15) is 24.0 Å². The zero-order valence-corrected chi connectivity index (χ0v) is 30.7. The first-order valence-electron chi connectivity index (χ1n) is 17.9. The molecule has 1 aliphatic carbocycles. The Balaban J connectivity index is 1.42. The van der Waals surface area contributed by atoms with Gasteiger partial charge in [-0.05, 0) is 78.8 Å². The van der Waals surface area contributed by atoms with Crippen molar-refractivity contribution in [2.75, 3.05) is 18.6 Å². The van der Waals surface area contributed by atoms with Crippen LogP contribution in [0, 0.1) is 5.41 Å². The summed E-state index contributed by atoms with van der Waals surface area (Å²) in [5, 5.41) is 16.2. The van der Waals surface area contributed by atoms with Crippen molar-refractivity contribution in [2.45, 2.75) is 89.9 Å². The van der Waals surface area contributed by atoms with Crippen molar-refractivity contribution in [1.82, 2.24) is 15.5 Å². The molecule has 1 heterocycles. The molecule has 0 radical (unpaired) electrons. The summed E-state index contributed by atoms with van der Waals surface area (Å²) in [4.78, 5) is 69.0. The van der Waals surface area contributed by atoms with Gasteiger partial charge in [0.25, 0.3) is 5.91 Å². The first kappa shape index (κ1) is 38.3. The fourth-order valence-electron chi connectivity index (χ4n) is 7.39. The third-order valence-electron chi connectivity index (χ3n) is 10.2. The minimum absolute atomic E-state index is 0.0267. The fraction of sp³-hybridized carbons (Fsp3) is 0.425. The Bertz CT molecular complexity index is 1740. The van der Waals surface area contributed by atoms with Crippen LogP contribution in [0.1, 0.15) is 81.6 Å². The lowest BCUT2D eigenvalue weighted by Crippen LogP contribution is -2.49. The monoisotopic (exact) mass is 730 g/mol. The lowest BCUT2D eigenvalue weighted by Gasteiger charge is -2.32. The van der Waals surface area contributed by atoms with Crippen LogP contribution in [0.5, 0.6) is 5.75 Å². The molecule has 12 heteroatoms. The lowest BCUT2D eigenvalue weighted by atomic mass is 9.81. The molecule has 2 unspecified atom stereocenters. The number of nitrogens with zero attached hydrogens (tertiary/aromatic N) is 2. The number of anilines is 1. The van der Waals surface area contributed by atoms with Gasteiger partial charge in [0.2, 0.25) is 17.7 Å². The standard InChI is InChI=1S/C40H47ClN4O7/c1-4-7-35(47)45-34(25-28-10-18-32(52-3)19-11-28)37(48)44(36(45)29-12-14-30(41)15-13-29)31-16-8-27(9-17-31)24-33(38(49)50)43-39(51)40(20-5-6-21-40)22-23-42-26(2)46/h8-19,33-34,36H,4-7,20-25H2,1-3H3,(H,42,46)(H,43,51)(H,49,50)/t33?,34-,36?/m1/s1. The molecule has 3 atom stereocenters. The summed E-state index contributed by atoms with van der Waals surface area (Å²) in [7, 11) is 1.59. The lowest BCUT2D eigenvalue weighted by molar-refractivity contribution is -0.144. The van der Waals surface area contributed by atoms with Crippen molar-refractivity contribution in [3.8, 4) is 5.75 Å². The van der Waals surface area contributed by atoms with E-state index in [1.54, 1.807) is 53.3 Å². The van der Waals surface area contributed by atoms with Gasteiger partial charge in [-0.15, -0.1) is 0 Å². The van der Waals surface area contributed by atoms with E-state index in [4.69, 9.17) is 16.3 Å². The van der Waals surface area contributed by atoms with Gasteiger partial charge in [-0.1, -0.05) is 67.8 Å². The van der Waals surface area contributed by atoms with Crippen molar-refractivity contribution in [2.24, 2.45) is 5.41 Å². The van der Waals surface area contributed by atoms with Gasteiger partial charge in [-0.25, -0.2) is 4.79 Å². The van der Waals surface area contributed by atoms with Crippen LogP contribution < -0.4 is 20.3 Å². The minimum Gasteiger partial charge on any atom is -0.497 e. The summed E-state index contributed by atoms with van der Waals surface area (Å²) in [6.07, 6.45) is 3.88. The van der Waals surface area contributed by atoms with Crippen molar-refractivity contribution in [3.05, 3.63) is 94.5 Å². The van der Waals surface area contributed by atoms with E-state index in [-0.39, 0.29) is 36.5 Å². The molecule has 1 saturated carbocycles. The molecule has 0 spiro atoms. The van der Waals surface area contributed by atoms with Crippen molar-refractivity contribution < 1.29 is 33.8 Å². The molecule has 0 bridgehead atoms. The number of carboxylic acids is 1. The third kappa shape index (κ3) is 8.75. The van der Waals surface area contributed by atoms with Crippen LogP contribution in [0.25, 0.3) is 0 Å². The molecular formula is C40H47ClN4O7. The normalized spacial score (nSPS) is 18.6. The Kier molecular flexibility index (Phi) is 12.6. The SMILES string of the molecule is CCCC(=O)N1C(c2ccc(Cl)cc2)N(c2ccc(CC(NC(=O)C3(CCNC(C)=O)CCCC3)C(=O)O)cc2)C(=O)[C@H]1Cc1ccc(OC)cc1. The highest BCUT2D eigenvalue weighted by atomic mass is 35.5.